The Labute approximate surface area is 172 Å². The second-order valence-electron chi connectivity index (χ2n) is 6.98. The minimum Gasteiger partial charge on any atom is -0.336 e. The van der Waals surface area contributed by atoms with Crippen molar-refractivity contribution in [2.45, 2.75) is 43.5 Å². The molecule has 0 aromatic heterocycles. The van der Waals surface area contributed by atoms with Crippen molar-refractivity contribution in [3.05, 3.63) is 59.1 Å². The SMILES string of the molecule is CCN(C(=O)c1cc(S(=O)(=O)N(C)c2ccccc2)ccc1Cl)C1CCCC1. The van der Waals surface area contributed by atoms with Gasteiger partial charge in [-0.05, 0) is 50.1 Å². The number of hydrogen-bond donors (Lipinski definition) is 0. The lowest BCUT2D eigenvalue weighted by Gasteiger charge is -2.28. The summed E-state index contributed by atoms with van der Waals surface area (Å²) in [6.07, 6.45) is 4.18. The third kappa shape index (κ3) is 4.03. The van der Waals surface area contributed by atoms with Crippen LogP contribution in [0.3, 0.4) is 0 Å². The van der Waals surface area contributed by atoms with Crippen LogP contribution in [0.4, 0.5) is 5.69 Å². The first-order valence-electron chi connectivity index (χ1n) is 9.50. The zero-order valence-electron chi connectivity index (χ0n) is 16.1. The van der Waals surface area contributed by atoms with E-state index >= 15 is 0 Å². The minimum atomic E-state index is -3.81. The molecule has 0 aliphatic heterocycles. The molecule has 0 bridgehead atoms. The molecular formula is C21H25ClN2O3S. The zero-order valence-corrected chi connectivity index (χ0v) is 17.7. The lowest BCUT2D eigenvalue weighted by Crippen LogP contribution is -2.39. The number of sulfonamides is 1. The fraction of sp³-hybridized carbons (Fsp3) is 0.381. The molecule has 3 rings (SSSR count). The van der Waals surface area contributed by atoms with Crippen LogP contribution in [0.1, 0.15) is 43.0 Å². The molecule has 0 N–H and O–H groups in total. The van der Waals surface area contributed by atoms with Crippen molar-refractivity contribution in [3.63, 3.8) is 0 Å². The van der Waals surface area contributed by atoms with E-state index in [4.69, 9.17) is 11.6 Å². The van der Waals surface area contributed by atoms with Crippen LogP contribution in [0.5, 0.6) is 0 Å². The summed E-state index contributed by atoms with van der Waals surface area (Å²) in [5.41, 5.74) is 0.782. The van der Waals surface area contributed by atoms with Crippen LogP contribution < -0.4 is 4.31 Å². The minimum absolute atomic E-state index is 0.0501. The summed E-state index contributed by atoms with van der Waals surface area (Å²) in [7, 11) is -2.31. The average molecular weight is 421 g/mol. The molecule has 1 saturated carbocycles. The van der Waals surface area contributed by atoms with Crippen molar-refractivity contribution < 1.29 is 13.2 Å². The predicted molar refractivity (Wildman–Crippen MR) is 112 cm³/mol. The third-order valence-corrected chi connectivity index (χ3v) is 7.42. The van der Waals surface area contributed by atoms with Crippen molar-refractivity contribution >= 4 is 33.2 Å². The first-order chi connectivity index (χ1) is 13.4. The van der Waals surface area contributed by atoms with Crippen molar-refractivity contribution in [2.75, 3.05) is 17.9 Å². The standard InChI is InChI=1S/C21H25ClN2O3S/c1-3-24(17-11-7-8-12-17)21(25)19-15-18(13-14-20(19)22)28(26,27)23(2)16-9-5-4-6-10-16/h4-6,9-10,13-15,17H,3,7-8,11-12H2,1-2H3. The van der Waals surface area contributed by atoms with Crippen LogP contribution in [0.25, 0.3) is 0 Å². The number of para-hydroxylation sites is 1. The average Bonchev–Trinajstić information content (AvgIpc) is 3.23. The Balaban J connectivity index is 1.95. The van der Waals surface area contributed by atoms with Gasteiger partial charge in [-0.25, -0.2) is 8.42 Å². The molecule has 0 saturated heterocycles. The maximum absolute atomic E-state index is 13.1. The number of carbonyl (C=O) groups is 1. The second kappa shape index (κ2) is 8.53. The summed E-state index contributed by atoms with van der Waals surface area (Å²) >= 11 is 6.29. The van der Waals surface area contributed by atoms with Gasteiger partial charge in [0.1, 0.15) is 0 Å². The molecule has 150 valence electrons. The first-order valence-corrected chi connectivity index (χ1v) is 11.3. The topological polar surface area (TPSA) is 57.7 Å². The molecule has 0 spiro atoms. The Morgan fingerprint density at radius 3 is 2.36 bits per heavy atom. The maximum atomic E-state index is 13.1. The van der Waals surface area contributed by atoms with Crippen LogP contribution in [0.15, 0.2) is 53.4 Å². The quantitative estimate of drug-likeness (QED) is 0.687. The van der Waals surface area contributed by atoms with Crippen LogP contribution in [-0.4, -0.2) is 38.9 Å². The third-order valence-electron chi connectivity index (χ3n) is 5.31. The zero-order chi connectivity index (χ0) is 20.3. The van der Waals surface area contributed by atoms with E-state index < -0.39 is 10.0 Å². The van der Waals surface area contributed by atoms with Gasteiger partial charge in [-0.1, -0.05) is 42.6 Å². The molecule has 7 heteroatoms. The van der Waals surface area contributed by atoms with E-state index in [-0.39, 0.29) is 27.4 Å². The van der Waals surface area contributed by atoms with Gasteiger partial charge in [0.2, 0.25) is 0 Å². The van der Waals surface area contributed by atoms with Crippen molar-refractivity contribution in [3.8, 4) is 0 Å². The number of halogens is 1. The molecule has 0 radical (unpaired) electrons. The van der Waals surface area contributed by atoms with Gasteiger partial charge in [-0.3, -0.25) is 9.10 Å². The number of anilines is 1. The number of carbonyl (C=O) groups excluding carboxylic acids is 1. The van der Waals surface area contributed by atoms with E-state index in [1.54, 1.807) is 24.3 Å². The molecule has 0 atom stereocenters. The number of amides is 1. The lowest BCUT2D eigenvalue weighted by molar-refractivity contribution is 0.0693. The maximum Gasteiger partial charge on any atom is 0.264 e. The van der Waals surface area contributed by atoms with E-state index in [0.717, 1.165) is 25.7 Å². The van der Waals surface area contributed by atoms with Crippen LogP contribution in [0.2, 0.25) is 5.02 Å². The lowest BCUT2D eigenvalue weighted by atomic mass is 10.1. The molecule has 2 aromatic carbocycles. The number of nitrogens with zero attached hydrogens (tertiary/aromatic N) is 2. The molecule has 0 unspecified atom stereocenters. The Morgan fingerprint density at radius 1 is 1.11 bits per heavy atom. The van der Waals surface area contributed by atoms with Gasteiger partial charge in [-0.15, -0.1) is 0 Å². The van der Waals surface area contributed by atoms with Gasteiger partial charge in [0, 0.05) is 19.6 Å². The summed E-state index contributed by atoms with van der Waals surface area (Å²) in [4.78, 5) is 15.0. The number of benzene rings is 2. The molecule has 28 heavy (non-hydrogen) atoms. The van der Waals surface area contributed by atoms with Crippen molar-refractivity contribution in [2.24, 2.45) is 0 Å². The summed E-state index contributed by atoms with van der Waals surface area (Å²) in [6, 6.07) is 13.3. The van der Waals surface area contributed by atoms with Crippen molar-refractivity contribution in [1.82, 2.24) is 4.90 Å². The molecule has 2 aromatic rings. The number of hydrogen-bond acceptors (Lipinski definition) is 3. The van der Waals surface area contributed by atoms with E-state index in [1.807, 2.05) is 17.9 Å². The summed E-state index contributed by atoms with van der Waals surface area (Å²) in [5.74, 6) is -0.209. The normalized spacial score (nSPS) is 14.8. The molecule has 1 aliphatic rings. The smallest absolute Gasteiger partial charge is 0.264 e. The van der Waals surface area contributed by atoms with E-state index in [0.29, 0.717) is 12.2 Å². The van der Waals surface area contributed by atoms with Crippen LogP contribution >= 0.6 is 11.6 Å². The largest absolute Gasteiger partial charge is 0.336 e. The first kappa shape index (κ1) is 20.7. The second-order valence-corrected chi connectivity index (χ2v) is 9.36. The summed E-state index contributed by atoms with van der Waals surface area (Å²) < 4.78 is 27.4. The molecule has 1 fully saturated rings. The fourth-order valence-corrected chi connectivity index (χ4v) is 5.12. The predicted octanol–water partition coefficient (Wildman–Crippen LogP) is 4.57. The van der Waals surface area contributed by atoms with Crippen LogP contribution in [0, 0.1) is 0 Å². The highest BCUT2D eigenvalue weighted by molar-refractivity contribution is 7.92. The molecular weight excluding hydrogens is 396 g/mol. The van der Waals surface area contributed by atoms with E-state index in [9.17, 15) is 13.2 Å². The van der Waals surface area contributed by atoms with Gasteiger partial charge >= 0.3 is 0 Å². The molecule has 1 amide bonds. The molecule has 0 heterocycles. The van der Waals surface area contributed by atoms with E-state index in [1.165, 1.54) is 29.6 Å². The van der Waals surface area contributed by atoms with E-state index in [2.05, 4.69) is 0 Å². The Hall–Kier alpha value is -2.05. The highest BCUT2D eigenvalue weighted by atomic mass is 35.5. The van der Waals surface area contributed by atoms with Gasteiger partial charge in [-0.2, -0.15) is 0 Å². The van der Waals surface area contributed by atoms with Gasteiger partial charge < -0.3 is 4.90 Å². The number of rotatable bonds is 6. The molecule has 5 nitrogen and oxygen atoms in total. The Bertz CT molecular complexity index is 941. The summed E-state index contributed by atoms with van der Waals surface area (Å²) in [6.45, 7) is 2.51. The monoisotopic (exact) mass is 420 g/mol. The van der Waals surface area contributed by atoms with Crippen LogP contribution in [-0.2, 0) is 10.0 Å². The van der Waals surface area contributed by atoms with Crippen molar-refractivity contribution in [1.29, 1.82) is 0 Å². The Kier molecular flexibility index (Phi) is 6.30. The highest BCUT2D eigenvalue weighted by Gasteiger charge is 2.29. The summed E-state index contributed by atoms with van der Waals surface area (Å²) in [5, 5.41) is 0.266. The van der Waals surface area contributed by atoms with Gasteiger partial charge in [0.05, 0.1) is 21.2 Å². The highest BCUT2D eigenvalue weighted by Crippen LogP contribution is 2.29. The molecule has 1 aliphatic carbocycles. The Morgan fingerprint density at radius 2 is 1.75 bits per heavy atom. The van der Waals surface area contributed by atoms with Gasteiger partial charge in [0.15, 0.2) is 0 Å². The van der Waals surface area contributed by atoms with Gasteiger partial charge in [0.25, 0.3) is 15.9 Å². The fourth-order valence-electron chi connectivity index (χ4n) is 3.70.